The minimum Gasteiger partial charge on any atom is -0.357 e. The summed E-state index contributed by atoms with van der Waals surface area (Å²) in [6.45, 7) is 3.67. The molecule has 0 aromatic carbocycles. The van der Waals surface area contributed by atoms with Crippen molar-refractivity contribution in [1.29, 1.82) is 0 Å². The molecule has 0 aliphatic carbocycles. The van der Waals surface area contributed by atoms with Crippen molar-refractivity contribution >= 4 is 11.7 Å². The molecule has 5 heterocycles. The molecule has 2 saturated heterocycles. The molecule has 1 amide bonds. The van der Waals surface area contributed by atoms with Gasteiger partial charge in [-0.3, -0.25) is 4.79 Å². The Bertz CT molecular complexity index is 997. The van der Waals surface area contributed by atoms with Gasteiger partial charge in [-0.05, 0) is 50.7 Å². The summed E-state index contributed by atoms with van der Waals surface area (Å²) >= 11 is 0. The predicted octanol–water partition coefficient (Wildman–Crippen LogP) is 4.04. The van der Waals surface area contributed by atoms with E-state index in [-0.39, 0.29) is 17.7 Å². The second kappa shape index (κ2) is 9.54. The van der Waals surface area contributed by atoms with Gasteiger partial charge >= 0.3 is 6.18 Å². The number of fused-ring (bicyclic) bond motifs is 1. The quantitative estimate of drug-likeness (QED) is 0.669. The van der Waals surface area contributed by atoms with Crippen LogP contribution in [0.5, 0.6) is 0 Å². The van der Waals surface area contributed by atoms with Crippen LogP contribution in [-0.4, -0.2) is 56.7 Å². The zero-order chi connectivity index (χ0) is 23.7. The van der Waals surface area contributed by atoms with Crippen LogP contribution < -0.4 is 4.90 Å². The molecule has 7 nitrogen and oxygen atoms in total. The number of likely N-dealkylation sites (tertiary alicyclic amines) is 1. The maximum atomic E-state index is 13.3. The fourth-order valence-corrected chi connectivity index (χ4v) is 5.55. The van der Waals surface area contributed by atoms with Crippen molar-refractivity contribution in [2.45, 2.75) is 70.0 Å². The van der Waals surface area contributed by atoms with E-state index in [2.05, 4.69) is 19.7 Å². The lowest BCUT2D eigenvalue weighted by molar-refractivity contribution is -0.138. The molecule has 2 fully saturated rings. The van der Waals surface area contributed by atoms with Crippen LogP contribution in [0.25, 0.3) is 0 Å². The zero-order valence-electron chi connectivity index (χ0n) is 19.3. The van der Waals surface area contributed by atoms with Gasteiger partial charge in [-0.1, -0.05) is 6.42 Å². The summed E-state index contributed by atoms with van der Waals surface area (Å²) in [5, 5.41) is 8.97. The number of hydrogen-bond donors (Lipinski definition) is 0. The number of carbonyl (C=O) groups is 1. The van der Waals surface area contributed by atoms with Crippen molar-refractivity contribution in [2.75, 3.05) is 31.1 Å². The topological polar surface area (TPSA) is 67.2 Å². The van der Waals surface area contributed by atoms with Gasteiger partial charge in [-0.25, -0.2) is 4.98 Å². The van der Waals surface area contributed by atoms with Crippen molar-refractivity contribution in [1.82, 2.24) is 24.6 Å². The molecule has 2 aromatic heterocycles. The van der Waals surface area contributed by atoms with Gasteiger partial charge in [0.25, 0.3) is 0 Å². The fourth-order valence-electron chi connectivity index (χ4n) is 5.55. The molecule has 0 unspecified atom stereocenters. The van der Waals surface area contributed by atoms with Crippen molar-refractivity contribution in [2.24, 2.45) is 5.92 Å². The highest BCUT2D eigenvalue weighted by Gasteiger charge is 2.35. The number of alkyl halides is 3. The Hall–Kier alpha value is -2.65. The average Bonchev–Trinajstić information content (AvgIpc) is 3.11. The van der Waals surface area contributed by atoms with Gasteiger partial charge in [0.2, 0.25) is 5.91 Å². The summed E-state index contributed by atoms with van der Waals surface area (Å²) in [6, 6.07) is 2.49. The van der Waals surface area contributed by atoms with Crippen molar-refractivity contribution in [3.8, 4) is 0 Å². The molecule has 5 rings (SSSR count). The van der Waals surface area contributed by atoms with E-state index < -0.39 is 11.7 Å². The van der Waals surface area contributed by atoms with Gasteiger partial charge < -0.3 is 14.4 Å². The molecule has 0 saturated carbocycles. The SMILES string of the molecule is O=C(C1CCN(c2ccc(C(F)(F)F)cn2)CC1)N1CCC[C@@H](c2nnc3n2CCCCC3)C1. The second-order valence-corrected chi connectivity index (χ2v) is 9.72. The van der Waals surface area contributed by atoms with E-state index in [0.717, 1.165) is 69.1 Å². The number of rotatable bonds is 3. The van der Waals surface area contributed by atoms with Gasteiger partial charge in [0, 0.05) is 57.2 Å². The highest BCUT2D eigenvalue weighted by atomic mass is 19.4. The molecule has 10 heteroatoms. The van der Waals surface area contributed by atoms with Gasteiger partial charge in [0.05, 0.1) is 5.56 Å². The average molecular weight is 477 g/mol. The Morgan fingerprint density at radius 1 is 0.941 bits per heavy atom. The van der Waals surface area contributed by atoms with Crippen molar-refractivity contribution in [3.05, 3.63) is 35.5 Å². The molecule has 3 aliphatic rings. The summed E-state index contributed by atoms with van der Waals surface area (Å²) in [5.74, 6) is 3.02. The molecular weight excluding hydrogens is 445 g/mol. The Morgan fingerprint density at radius 3 is 2.50 bits per heavy atom. The molecule has 0 radical (unpaired) electrons. The number of aryl methyl sites for hydroxylation is 1. The van der Waals surface area contributed by atoms with Crippen LogP contribution in [0.3, 0.4) is 0 Å². The monoisotopic (exact) mass is 476 g/mol. The Labute approximate surface area is 197 Å². The number of aromatic nitrogens is 4. The molecular formula is C24H31F3N6O. The summed E-state index contributed by atoms with van der Waals surface area (Å²) in [4.78, 5) is 21.3. The lowest BCUT2D eigenvalue weighted by Crippen LogP contribution is -2.46. The van der Waals surface area contributed by atoms with E-state index >= 15 is 0 Å². The number of pyridine rings is 1. The van der Waals surface area contributed by atoms with Gasteiger partial charge in [-0.2, -0.15) is 13.2 Å². The third-order valence-corrected chi connectivity index (χ3v) is 7.48. The molecule has 0 N–H and O–H groups in total. The van der Waals surface area contributed by atoms with E-state index in [4.69, 9.17) is 0 Å². The lowest BCUT2D eigenvalue weighted by Gasteiger charge is -2.38. The molecule has 0 spiro atoms. The molecule has 0 bridgehead atoms. The summed E-state index contributed by atoms with van der Waals surface area (Å²) in [7, 11) is 0. The molecule has 34 heavy (non-hydrogen) atoms. The maximum absolute atomic E-state index is 13.3. The standard InChI is InChI=1S/C24H31F3N6O/c25-24(26,27)19-7-8-20(28-15-19)31-13-9-17(10-14-31)23(34)32-11-4-5-18(16-32)22-30-29-21-6-2-1-3-12-33(21)22/h7-8,15,17-18H,1-6,9-14,16H2/t18-/m1/s1. The summed E-state index contributed by atoms with van der Waals surface area (Å²) in [5.41, 5.74) is -0.745. The smallest absolute Gasteiger partial charge is 0.357 e. The van der Waals surface area contributed by atoms with Gasteiger partial charge in [0.15, 0.2) is 0 Å². The Balaban J connectivity index is 1.18. The number of nitrogens with zero attached hydrogens (tertiary/aromatic N) is 6. The van der Waals surface area contributed by atoms with Crippen molar-refractivity contribution < 1.29 is 18.0 Å². The van der Waals surface area contributed by atoms with Crippen LogP contribution >= 0.6 is 0 Å². The largest absolute Gasteiger partial charge is 0.417 e. The number of halogens is 3. The van der Waals surface area contributed by atoms with Gasteiger partial charge in [-0.15, -0.1) is 10.2 Å². The fraction of sp³-hybridized carbons (Fsp3) is 0.667. The molecule has 1 atom stereocenters. The van der Waals surface area contributed by atoms with Crippen molar-refractivity contribution in [3.63, 3.8) is 0 Å². The Kier molecular flexibility index (Phi) is 6.48. The van der Waals surface area contributed by atoms with Gasteiger partial charge in [0.1, 0.15) is 17.5 Å². The first-order chi connectivity index (χ1) is 16.4. The number of carbonyl (C=O) groups excluding carboxylic acids is 1. The third-order valence-electron chi connectivity index (χ3n) is 7.48. The highest BCUT2D eigenvalue weighted by Crippen LogP contribution is 2.32. The minimum absolute atomic E-state index is 0.0556. The van der Waals surface area contributed by atoms with Crippen LogP contribution in [0, 0.1) is 5.92 Å². The minimum atomic E-state index is -4.39. The van der Waals surface area contributed by atoms with E-state index in [1.54, 1.807) is 0 Å². The molecule has 184 valence electrons. The van der Waals surface area contributed by atoms with Crippen LogP contribution in [0.4, 0.5) is 19.0 Å². The van der Waals surface area contributed by atoms with Crippen LogP contribution in [-0.2, 0) is 23.9 Å². The Morgan fingerprint density at radius 2 is 1.76 bits per heavy atom. The number of anilines is 1. The number of hydrogen-bond acceptors (Lipinski definition) is 5. The second-order valence-electron chi connectivity index (χ2n) is 9.72. The molecule has 2 aromatic rings. The summed E-state index contributed by atoms with van der Waals surface area (Å²) < 4.78 is 40.7. The lowest BCUT2D eigenvalue weighted by atomic mass is 9.91. The van der Waals surface area contributed by atoms with Crippen LogP contribution in [0.15, 0.2) is 18.3 Å². The number of piperidine rings is 2. The third kappa shape index (κ3) is 4.77. The summed E-state index contributed by atoms with van der Waals surface area (Å²) in [6.07, 6.45) is 4.37. The van der Waals surface area contributed by atoms with E-state index in [1.807, 2.05) is 9.80 Å². The first-order valence-electron chi connectivity index (χ1n) is 12.4. The van der Waals surface area contributed by atoms with Crippen LogP contribution in [0.1, 0.15) is 68.1 Å². The normalized spacial score (nSPS) is 22.4. The van der Waals surface area contributed by atoms with E-state index in [9.17, 15) is 18.0 Å². The first kappa shape index (κ1) is 23.1. The molecule has 3 aliphatic heterocycles. The van der Waals surface area contributed by atoms with Crippen LogP contribution in [0.2, 0.25) is 0 Å². The van der Waals surface area contributed by atoms with E-state index in [1.165, 1.54) is 12.5 Å². The maximum Gasteiger partial charge on any atom is 0.417 e. The number of amides is 1. The zero-order valence-corrected chi connectivity index (χ0v) is 19.3. The van der Waals surface area contributed by atoms with E-state index in [0.29, 0.717) is 38.3 Å². The predicted molar refractivity (Wildman–Crippen MR) is 120 cm³/mol. The highest BCUT2D eigenvalue weighted by molar-refractivity contribution is 5.79. The first-order valence-corrected chi connectivity index (χ1v) is 12.4.